The van der Waals surface area contributed by atoms with Gasteiger partial charge in [0.1, 0.15) is 11.4 Å². The SMILES string of the molecule is CC1CC2(CCN(C(=O)OC(C)(C)C)C2)CC1=O. The lowest BCUT2D eigenvalue weighted by Crippen LogP contribution is -2.36. The third-order valence-electron chi connectivity index (χ3n) is 3.93. The second-order valence-corrected chi connectivity index (χ2v) is 6.90. The second-order valence-electron chi connectivity index (χ2n) is 6.90. The van der Waals surface area contributed by atoms with Gasteiger partial charge in [0.15, 0.2) is 0 Å². The molecule has 4 nitrogen and oxygen atoms in total. The molecule has 0 N–H and O–H groups in total. The normalized spacial score (nSPS) is 32.3. The Kier molecular flexibility index (Phi) is 3.16. The number of amides is 1. The van der Waals surface area contributed by atoms with Crippen LogP contribution in [0.25, 0.3) is 0 Å². The highest BCUT2D eigenvalue weighted by Gasteiger charge is 2.48. The van der Waals surface area contributed by atoms with E-state index in [4.69, 9.17) is 4.74 Å². The third kappa shape index (κ3) is 2.68. The highest BCUT2D eigenvalue weighted by atomic mass is 16.6. The largest absolute Gasteiger partial charge is 0.444 e. The van der Waals surface area contributed by atoms with Crippen LogP contribution in [0.1, 0.15) is 47.0 Å². The van der Waals surface area contributed by atoms with Crippen LogP contribution < -0.4 is 0 Å². The predicted octanol–water partition coefficient (Wildman–Crippen LogP) is 2.61. The number of hydrogen-bond donors (Lipinski definition) is 0. The molecule has 1 saturated carbocycles. The predicted molar refractivity (Wildman–Crippen MR) is 68.3 cm³/mol. The first-order chi connectivity index (χ1) is 8.21. The minimum atomic E-state index is -0.453. The van der Waals surface area contributed by atoms with Crippen LogP contribution in [0.5, 0.6) is 0 Å². The number of nitrogens with zero attached hydrogens (tertiary/aromatic N) is 1. The summed E-state index contributed by atoms with van der Waals surface area (Å²) in [5, 5.41) is 0. The van der Waals surface area contributed by atoms with Crippen LogP contribution in [0, 0.1) is 11.3 Å². The van der Waals surface area contributed by atoms with E-state index in [-0.39, 0.29) is 17.4 Å². The van der Waals surface area contributed by atoms with Crippen molar-refractivity contribution >= 4 is 11.9 Å². The van der Waals surface area contributed by atoms with Gasteiger partial charge in [-0.3, -0.25) is 4.79 Å². The second kappa shape index (κ2) is 4.25. The first-order valence-corrected chi connectivity index (χ1v) is 6.71. The third-order valence-corrected chi connectivity index (χ3v) is 3.93. The van der Waals surface area contributed by atoms with Gasteiger partial charge in [-0.1, -0.05) is 6.92 Å². The summed E-state index contributed by atoms with van der Waals surface area (Å²) in [4.78, 5) is 25.4. The molecule has 4 heteroatoms. The van der Waals surface area contributed by atoms with Crippen molar-refractivity contribution in [3.05, 3.63) is 0 Å². The van der Waals surface area contributed by atoms with Crippen LogP contribution in [0.15, 0.2) is 0 Å². The van der Waals surface area contributed by atoms with Crippen LogP contribution in [-0.4, -0.2) is 35.5 Å². The topological polar surface area (TPSA) is 46.6 Å². The molecule has 1 heterocycles. The van der Waals surface area contributed by atoms with E-state index in [1.165, 1.54) is 0 Å². The van der Waals surface area contributed by atoms with E-state index in [1.807, 2.05) is 27.7 Å². The monoisotopic (exact) mass is 253 g/mol. The molecule has 1 spiro atoms. The van der Waals surface area contributed by atoms with Gasteiger partial charge in [-0.25, -0.2) is 4.79 Å². The summed E-state index contributed by atoms with van der Waals surface area (Å²) < 4.78 is 5.38. The van der Waals surface area contributed by atoms with Gasteiger partial charge in [-0.15, -0.1) is 0 Å². The lowest BCUT2D eigenvalue weighted by molar-refractivity contribution is -0.120. The van der Waals surface area contributed by atoms with E-state index in [2.05, 4.69) is 0 Å². The van der Waals surface area contributed by atoms with Gasteiger partial charge in [0.2, 0.25) is 0 Å². The minimum absolute atomic E-state index is 0.0351. The maximum absolute atomic E-state index is 12.0. The summed E-state index contributed by atoms with van der Waals surface area (Å²) in [7, 11) is 0. The maximum atomic E-state index is 12.0. The maximum Gasteiger partial charge on any atom is 0.410 e. The molecule has 0 aromatic rings. The number of ether oxygens (including phenoxy) is 1. The lowest BCUT2D eigenvalue weighted by atomic mass is 9.85. The molecule has 2 atom stereocenters. The number of carbonyl (C=O) groups is 2. The molecule has 2 rings (SSSR count). The summed E-state index contributed by atoms with van der Waals surface area (Å²) in [6.07, 6.45) is 2.24. The van der Waals surface area contributed by atoms with Crippen molar-refractivity contribution in [2.24, 2.45) is 11.3 Å². The summed E-state index contributed by atoms with van der Waals surface area (Å²) in [6, 6.07) is 0. The summed E-state index contributed by atoms with van der Waals surface area (Å²) in [5.74, 6) is 0.504. The molecule has 102 valence electrons. The van der Waals surface area contributed by atoms with Gasteiger partial charge >= 0.3 is 6.09 Å². The van der Waals surface area contributed by atoms with Crippen LogP contribution in [0.2, 0.25) is 0 Å². The molecule has 0 bridgehead atoms. The van der Waals surface area contributed by atoms with Gasteiger partial charge in [-0.05, 0) is 39.0 Å². The van der Waals surface area contributed by atoms with E-state index >= 15 is 0 Å². The lowest BCUT2D eigenvalue weighted by Gasteiger charge is -2.26. The Bertz CT molecular complexity index is 372. The molecule has 18 heavy (non-hydrogen) atoms. The highest BCUT2D eigenvalue weighted by molar-refractivity contribution is 5.84. The van der Waals surface area contributed by atoms with Crippen LogP contribution in [-0.2, 0) is 9.53 Å². The summed E-state index contributed by atoms with van der Waals surface area (Å²) in [6.45, 7) is 9.01. The van der Waals surface area contributed by atoms with Crippen molar-refractivity contribution in [2.45, 2.75) is 52.6 Å². The highest BCUT2D eigenvalue weighted by Crippen LogP contribution is 2.46. The Hall–Kier alpha value is -1.06. The number of hydrogen-bond acceptors (Lipinski definition) is 3. The zero-order chi connectivity index (χ0) is 13.6. The van der Waals surface area contributed by atoms with Crippen molar-refractivity contribution in [3.63, 3.8) is 0 Å². The zero-order valence-corrected chi connectivity index (χ0v) is 11.8. The Balaban J connectivity index is 1.97. The van der Waals surface area contributed by atoms with Crippen molar-refractivity contribution in [3.8, 4) is 0 Å². The zero-order valence-electron chi connectivity index (χ0n) is 11.8. The fourth-order valence-electron chi connectivity index (χ4n) is 3.11. The van der Waals surface area contributed by atoms with Gasteiger partial charge in [0.05, 0.1) is 0 Å². The van der Waals surface area contributed by atoms with E-state index in [9.17, 15) is 9.59 Å². The van der Waals surface area contributed by atoms with Gasteiger partial charge < -0.3 is 9.64 Å². The fraction of sp³-hybridized carbons (Fsp3) is 0.857. The smallest absolute Gasteiger partial charge is 0.410 e. The van der Waals surface area contributed by atoms with Crippen molar-refractivity contribution in [1.29, 1.82) is 0 Å². The molecular formula is C14H23NO3. The number of ketones is 1. The number of likely N-dealkylation sites (tertiary alicyclic amines) is 1. The summed E-state index contributed by atoms with van der Waals surface area (Å²) >= 11 is 0. The molecule has 2 aliphatic rings. The fourth-order valence-corrected chi connectivity index (χ4v) is 3.11. The number of Topliss-reactive ketones (excluding diaryl/α,β-unsaturated/α-hetero) is 1. The van der Waals surface area contributed by atoms with Gasteiger partial charge in [-0.2, -0.15) is 0 Å². The molecule has 1 aliphatic carbocycles. The molecule has 1 aliphatic heterocycles. The molecule has 0 aromatic heterocycles. The minimum Gasteiger partial charge on any atom is -0.444 e. The van der Waals surface area contributed by atoms with Crippen molar-refractivity contribution in [1.82, 2.24) is 4.90 Å². The number of rotatable bonds is 0. The van der Waals surface area contributed by atoms with Crippen LogP contribution in [0.4, 0.5) is 4.79 Å². The Morgan fingerprint density at radius 2 is 2.11 bits per heavy atom. The van der Waals surface area contributed by atoms with Gasteiger partial charge in [0, 0.05) is 25.4 Å². The molecule has 2 unspecified atom stereocenters. The van der Waals surface area contributed by atoms with E-state index in [0.29, 0.717) is 18.7 Å². The van der Waals surface area contributed by atoms with Gasteiger partial charge in [0.25, 0.3) is 0 Å². The number of carbonyl (C=O) groups excluding carboxylic acids is 2. The Labute approximate surface area is 109 Å². The quantitative estimate of drug-likeness (QED) is 0.666. The van der Waals surface area contributed by atoms with E-state index in [1.54, 1.807) is 4.90 Å². The Morgan fingerprint density at radius 3 is 2.61 bits per heavy atom. The van der Waals surface area contributed by atoms with E-state index in [0.717, 1.165) is 19.4 Å². The first-order valence-electron chi connectivity index (χ1n) is 6.71. The first kappa shape index (κ1) is 13.4. The molecule has 1 saturated heterocycles. The molecule has 0 radical (unpaired) electrons. The van der Waals surface area contributed by atoms with Crippen molar-refractivity contribution < 1.29 is 14.3 Å². The molecule has 2 fully saturated rings. The molecular weight excluding hydrogens is 230 g/mol. The Morgan fingerprint density at radius 1 is 1.44 bits per heavy atom. The van der Waals surface area contributed by atoms with Crippen LogP contribution >= 0.6 is 0 Å². The molecule has 1 amide bonds. The summed E-state index contributed by atoms with van der Waals surface area (Å²) in [5.41, 5.74) is -0.418. The van der Waals surface area contributed by atoms with Crippen molar-refractivity contribution in [2.75, 3.05) is 13.1 Å². The average molecular weight is 253 g/mol. The average Bonchev–Trinajstić information content (AvgIpc) is 2.70. The van der Waals surface area contributed by atoms with Crippen LogP contribution in [0.3, 0.4) is 0 Å². The standard InChI is InChI=1S/C14H23NO3/c1-10-7-14(8-11(10)16)5-6-15(9-14)12(17)18-13(2,3)4/h10H,5-9H2,1-4H3. The van der Waals surface area contributed by atoms with E-state index < -0.39 is 5.60 Å². The molecule has 0 aromatic carbocycles.